The lowest BCUT2D eigenvalue weighted by atomic mass is 10.4. The lowest BCUT2D eigenvalue weighted by Gasteiger charge is -2.18. The van der Waals surface area contributed by atoms with E-state index in [2.05, 4.69) is 0 Å². The Balaban J connectivity index is 3.98. The highest BCUT2D eigenvalue weighted by atomic mass is 32.2. The van der Waals surface area contributed by atoms with Crippen LogP contribution in [0.5, 0.6) is 0 Å². The lowest BCUT2D eigenvalue weighted by Crippen LogP contribution is -2.36. The average Bonchev–Trinajstić information content (AvgIpc) is 2.24. The summed E-state index contributed by atoms with van der Waals surface area (Å²) in [5, 5.41) is 17.9. The smallest absolute Gasteiger partial charge is 0.336 e. The molecule has 3 N–H and O–H groups in total. The minimum Gasteiger partial charge on any atom is -0.391 e. The van der Waals surface area contributed by atoms with Crippen LogP contribution in [0, 0.1) is 0 Å². The molecule has 19 heavy (non-hydrogen) atoms. The van der Waals surface area contributed by atoms with E-state index < -0.39 is 22.5 Å². The predicted molar refractivity (Wildman–Crippen MR) is 68.1 cm³/mol. The van der Waals surface area contributed by atoms with E-state index in [1.165, 1.54) is 0 Å². The van der Waals surface area contributed by atoms with Gasteiger partial charge in [0.1, 0.15) is 0 Å². The third-order valence-electron chi connectivity index (χ3n) is 2.01. The minimum absolute atomic E-state index is 0.0381. The largest absolute Gasteiger partial charge is 0.391 e. The van der Waals surface area contributed by atoms with Gasteiger partial charge in [0.15, 0.2) is 0 Å². The summed E-state index contributed by atoms with van der Waals surface area (Å²) >= 11 is 0. The van der Waals surface area contributed by atoms with Crippen molar-refractivity contribution in [3.8, 4) is 0 Å². The van der Waals surface area contributed by atoms with Gasteiger partial charge in [-0.15, -0.1) is 0 Å². The molecule has 2 unspecified atom stereocenters. The summed E-state index contributed by atoms with van der Waals surface area (Å²) in [7, 11) is -4.32. The molecule has 0 aliphatic heterocycles. The maximum Gasteiger partial charge on any atom is 0.336 e. The molecule has 0 aliphatic carbocycles. The van der Waals surface area contributed by atoms with Gasteiger partial charge in [0.25, 0.3) is 0 Å². The molecule has 0 aromatic heterocycles. The fraction of sp³-hybridized carbons (Fsp3) is 1.00. The van der Waals surface area contributed by atoms with Gasteiger partial charge in [-0.1, -0.05) is 0 Å². The molecule has 0 aliphatic rings. The molecular weight excluding hydrogens is 278 g/mol. The van der Waals surface area contributed by atoms with E-state index in [0.717, 1.165) is 4.31 Å². The molecule has 0 saturated carbocycles. The molecule has 0 spiro atoms. The van der Waals surface area contributed by atoms with Crippen LogP contribution in [0.1, 0.15) is 13.8 Å². The molecule has 8 nitrogen and oxygen atoms in total. The molecule has 0 aromatic rings. The summed E-state index contributed by atoms with van der Waals surface area (Å²) in [5.74, 6) is 0. The molecule has 0 amide bonds. The van der Waals surface area contributed by atoms with Gasteiger partial charge in [0, 0.05) is 13.1 Å². The second-order valence-electron chi connectivity index (χ2n) is 4.22. The topological polar surface area (TPSA) is 117 Å². The zero-order chi connectivity index (χ0) is 14.9. The summed E-state index contributed by atoms with van der Waals surface area (Å²) in [6.07, 6.45) is -1.26. The quantitative estimate of drug-likeness (QED) is 0.327. The third-order valence-corrected chi connectivity index (χ3v) is 3.03. The van der Waals surface area contributed by atoms with Crippen LogP contribution in [0.25, 0.3) is 0 Å². The molecule has 0 fully saturated rings. The Morgan fingerprint density at radius 1 is 1.00 bits per heavy atom. The van der Waals surface area contributed by atoms with Crippen molar-refractivity contribution in [2.24, 2.45) is 0 Å². The van der Waals surface area contributed by atoms with Gasteiger partial charge in [-0.3, -0.25) is 4.55 Å². The second kappa shape index (κ2) is 9.59. The maximum absolute atomic E-state index is 11.1. The van der Waals surface area contributed by atoms with E-state index in [-0.39, 0.29) is 39.5 Å². The van der Waals surface area contributed by atoms with Gasteiger partial charge in [0.05, 0.1) is 38.6 Å². The van der Waals surface area contributed by atoms with E-state index in [1.54, 1.807) is 13.8 Å². The maximum atomic E-state index is 11.1. The number of ether oxygens (including phenoxy) is 2. The Labute approximate surface area is 113 Å². The molecule has 0 radical (unpaired) electrons. The highest BCUT2D eigenvalue weighted by Crippen LogP contribution is 1.98. The first kappa shape index (κ1) is 18.7. The number of aliphatic hydroxyl groups excluding tert-OH is 2. The molecule has 9 heteroatoms. The van der Waals surface area contributed by atoms with Crippen LogP contribution in [-0.2, 0) is 19.8 Å². The molecule has 0 rings (SSSR count). The molecular formula is C10H23NO7S. The highest BCUT2D eigenvalue weighted by molar-refractivity contribution is 7.83. The Bertz CT molecular complexity index is 302. The molecule has 0 heterocycles. The standard InChI is InChI=1S/C10H23NO7S/c1-9(12)7-17-5-3-11(19(14,15)16)4-6-18-8-10(2)13/h9-10,12-13H,3-8H2,1-2H3,(H,14,15,16). The first-order valence-electron chi connectivity index (χ1n) is 5.97. The van der Waals surface area contributed by atoms with E-state index in [0.29, 0.717) is 0 Å². The third kappa shape index (κ3) is 11.3. The fourth-order valence-corrected chi connectivity index (χ4v) is 1.79. The summed E-state index contributed by atoms with van der Waals surface area (Å²) in [4.78, 5) is 0. The van der Waals surface area contributed by atoms with Gasteiger partial charge < -0.3 is 19.7 Å². The monoisotopic (exact) mass is 301 g/mol. The highest BCUT2D eigenvalue weighted by Gasteiger charge is 2.18. The fourth-order valence-electron chi connectivity index (χ4n) is 1.18. The van der Waals surface area contributed by atoms with Crippen LogP contribution in [0.2, 0.25) is 0 Å². The van der Waals surface area contributed by atoms with Gasteiger partial charge in [-0.25, -0.2) is 0 Å². The Kier molecular flexibility index (Phi) is 9.44. The first-order valence-corrected chi connectivity index (χ1v) is 7.37. The van der Waals surface area contributed by atoms with Crippen molar-refractivity contribution in [1.29, 1.82) is 0 Å². The SMILES string of the molecule is CC(O)COCCN(CCOCC(C)O)S(=O)(=O)O. The van der Waals surface area contributed by atoms with Crippen molar-refractivity contribution >= 4 is 10.3 Å². The first-order chi connectivity index (χ1) is 8.73. The minimum atomic E-state index is -4.32. The van der Waals surface area contributed by atoms with Gasteiger partial charge in [-0.05, 0) is 13.8 Å². The van der Waals surface area contributed by atoms with Gasteiger partial charge in [-0.2, -0.15) is 12.7 Å². The van der Waals surface area contributed by atoms with E-state index >= 15 is 0 Å². The second-order valence-corrected chi connectivity index (χ2v) is 5.64. The van der Waals surface area contributed by atoms with E-state index in [1.807, 2.05) is 0 Å². The number of rotatable bonds is 11. The van der Waals surface area contributed by atoms with Crippen LogP contribution in [-0.4, -0.2) is 79.2 Å². The molecule has 0 aromatic carbocycles. The van der Waals surface area contributed by atoms with Crippen molar-refractivity contribution in [2.75, 3.05) is 39.5 Å². The molecule has 116 valence electrons. The van der Waals surface area contributed by atoms with Gasteiger partial charge >= 0.3 is 10.3 Å². The van der Waals surface area contributed by atoms with Crippen LogP contribution in [0.3, 0.4) is 0 Å². The average molecular weight is 301 g/mol. The van der Waals surface area contributed by atoms with Crippen LogP contribution < -0.4 is 0 Å². The normalized spacial score (nSPS) is 15.7. The zero-order valence-electron chi connectivity index (χ0n) is 11.2. The van der Waals surface area contributed by atoms with Crippen molar-refractivity contribution in [2.45, 2.75) is 26.1 Å². The van der Waals surface area contributed by atoms with Crippen LogP contribution >= 0.6 is 0 Å². The van der Waals surface area contributed by atoms with Crippen molar-refractivity contribution in [1.82, 2.24) is 4.31 Å². The predicted octanol–water partition coefficient (Wildman–Crippen LogP) is -1.11. The van der Waals surface area contributed by atoms with Crippen LogP contribution in [0.15, 0.2) is 0 Å². The van der Waals surface area contributed by atoms with Gasteiger partial charge in [0.2, 0.25) is 0 Å². The van der Waals surface area contributed by atoms with Crippen molar-refractivity contribution in [3.63, 3.8) is 0 Å². The summed E-state index contributed by atoms with van der Waals surface area (Å²) in [6.45, 7) is 3.32. The Morgan fingerprint density at radius 3 is 1.63 bits per heavy atom. The number of hydrogen-bond acceptors (Lipinski definition) is 6. The van der Waals surface area contributed by atoms with Crippen molar-refractivity contribution in [3.05, 3.63) is 0 Å². The van der Waals surface area contributed by atoms with Crippen molar-refractivity contribution < 1.29 is 32.7 Å². The molecule has 0 bridgehead atoms. The van der Waals surface area contributed by atoms with Crippen LogP contribution in [0.4, 0.5) is 0 Å². The number of aliphatic hydroxyl groups is 2. The Morgan fingerprint density at radius 2 is 1.37 bits per heavy atom. The van der Waals surface area contributed by atoms with E-state index in [4.69, 9.17) is 24.2 Å². The van der Waals surface area contributed by atoms with E-state index in [9.17, 15) is 8.42 Å². The Hall–Kier alpha value is -0.290. The molecule has 2 atom stereocenters. The number of nitrogens with zero attached hydrogens (tertiary/aromatic N) is 1. The summed E-state index contributed by atoms with van der Waals surface area (Å²) < 4.78 is 41.9. The molecule has 0 saturated heterocycles. The summed E-state index contributed by atoms with van der Waals surface area (Å²) in [6, 6.07) is 0. The zero-order valence-corrected chi connectivity index (χ0v) is 12.0. The summed E-state index contributed by atoms with van der Waals surface area (Å²) in [5.41, 5.74) is 0. The lowest BCUT2D eigenvalue weighted by molar-refractivity contribution is 0.0296. The number of hydrogen-bond donors (Lipinski definition) is 3.